The molecule has 46 heavy (non-hydrogen) atoms. The Morgan fingerprint density at radius 1 is 1.17 bits per heavy atom. The van der Waals surface area contributed by atoms with Crippen LogP contribution in [-0.4, -0.2) is 63.6 Å². The Labute approximate surface area is 270 Å². The number of nitrogens with zero attached hydrogens (tertiary/aromatic N) is 1. The summed E-state index contributed by atoms with van der Waals surface area (Å²) < 4.78 is 49.8. The molecular weight excluding hydrogens is 622 g/mol. The van der Waals surface area contributed by atoms with Gasteiger partial charge >= 0.3 is 6.09 Å². The van der Waals surface area contributed by atoms with E-state index in [1.54, 1.807) is 58.0 Å². The smallest absolute Gasteiger partial charge is 0.410 e. The fraction of sp³-hybridized carbons (Fsp3) is 0.412. The molecule has 3 aromatic rings. The minimum Gasteiger partial charge on any atom is -0.488 e. The van der Waals surface area contributed by atoms with Gasteiger partial charge in [0.2, 0.25) is 5.91 Å². The third kappa shape index (κ3) is 6.23. The zero-order valence-electron chi connectivity index (χ0n) is 26.2. The maximum absolute atomic E-state index is 16.3. The first-order valence-electron chi connectivity index (χ1n) is 14.8. The molecule has 0 saturated carbocycles. The summed E-state index contributed by atoms with van der Waals surface area (Å²) in [5.74, 6) is -3.30. The number of carbonyl (C=O) groups excluding carboxylic acids is 2. The second-order valence-corrected chi connectivity index (χ2v) is 13.6. The van der Waals surface area contributed by atoms with E-state index in [0.717, 1.165) is 6.07 Å². The van der Waals surface area contributed by atoms with Crippen molar-refractivity contribution in [3.05, 3.63) is 81.9 Å². The van der Waals surface area contributed by atoms with E-state index in [1.165, 1.54) is 24.0 Å². The molecule has 3 aromatic carbocycles. The molecule has 2 aliphatic rings. The van der Waals surface area contributed by atoms with Crippen LogP contribution in [0.2, 0.25) is 5.02 Å². The number of nitrogens with two attached hydrogens (primary N) is 1. The van der Waals surface area contributed by atoms with Gasteiger partial charge in [-0.25, -0.2) is 13.6 Å². The lowest BCUT2D eigenvalue weighted by atomic mass is 9.78. The standard InChI is InChI=1S/C34H37ClF2N2O7/c1-18(40)16-44-23-12-11-20(30(38)41)27(29(23)37)26-21-14-34(19-9-7-6-8-10-19,45-24(21)13-22(36)28(26)35)25-15-33(5,43)17-39(25)31(42)46-32(2,3)4/h6-13,18,25,40,43H,14-17H2,1-5H3,(H2,38,41)/t18-,25-,33+,34?/m0/s1. The van der Waals surface area contributed by atoms with Crippen molar-refractivity contribution in [2.75, 3.05) is 13.2 Å². The van der Waals surface area contributed by atoms with E-state index in [9.17, 15) is 19.8 Å². The van der Waals surface area contributed by atoms with Crippen LogP contribution in [0.25, 0.3) is 11.1 Å². The number of aliphatic hydroxyl groups is 2. The van der Waals surface area contributed by atoms with Gasteiger partial charge in [-0.05, 0) is 52.3 Å². The number of rotatable bonds is 7. The van der Waals surface area contributed by atoms with Crippen LogP contribution in [0, 0.1) is 11.6 Å². The van der Waals surface area contributed by atoms with Crippen molar-refractivity contribution < 1.29 is 42.8 Å². The van der Waals surface area contributed by atoms with E-state index >= 15 is 8.78 Å². The topological polar surface area (TPSA) is 132 Å². The van der Waals surface area contributed by atoms with E-state index in [2.05, 4.69) is 0 Å². The number of fused-ring (bicyclic) bond motifs is 1. The molecule has 4 atom stereocenters. The number of benzene rings is 3. The quantitative estimate of drug-likeness (QED) is 0.295. The first kappa shape index (κ1) is 33.4. The predicted molar refractivity (Wildman–Crippen MR) is 167 cm³/mol. The Kier molecular flexibility index (Phi) is 8.74. The molecule has 0 bridgehead atoms. The highest BCUT2D eigenvalue weighted by Gasteiger charge is 2.58. The third-order valence-electron chi connectivity index (χ3n) is 8.07. The van der Waals surface area contributed by atoms with Gasteiger partial charge in [0.05, 0.1) is 34.9 Å². The number of amides is 2. The number of β-amino-alcohol motifs (C(OH)–C–C–N with tert-alkyl or cyclic N) is 1. The Hall–Kier alpha value is -3.93. The SMILES string of the molecule is C[C@H](O)COc1ccc(C(N)=O)c(-c2c(Cl)c(F)cc3c2CC(c2ccccc2)([C@@H]2C[C@@](C)(O)CN2C(=O)OC(C)(C)C)O3)c1F. The average Bonchev–Trinajstić information content (AvgIpc) is 3.50. The lowest BCUT2D eigenvalue weighted by Crippen LogP contribution is -2.53. The van der Waals surface area contributed by atoms with Crippen molar-refractivity contribution >= 4 is 23.6 Å². The van der Waals surface area contributed by atoms with E-state index in [0.29, 0.717) is 5.56 Å². The van der Waals surface area contributed by atoms with Gasteiger partial charge < -0.3 is 30.2 Å². The predicted octanol–water partition coefficient (Wildman–Crippen LogP) is 5.73. The number of aliphatic hydroxyl groups excluding tert-OH is 1. The number of halogens is 3. The van der Waals surface area contributed by atoms with Gasteiger partial charge in [-0.1, -0.05) is 41.9 Å². The zero-order chi connectivity index (χ0) is 33.8. The number of carbonyl (C=O) groups is 2. The minimum absolute atomic E-state index is 0.00144. The summed E-state index contributed by atoms with van der Waals surface area (Å²) in [6.45, 7) is 7.89. The average molecular weight is 659 g/mol. The summed E-state index contributed by atoms with van der Waals surface area (Å²) in [7, 11) is 0. The van der Waals surface area contributed by atoms with Crippen LogP contribution in [0.3, 0.4) is 0 Å². The molecule has 9 nitrogen and oxygen atoms in total. The van der Waals surface area contributed by atoms with Gasteiger partial charge in [0.1, 0.15) is 23.8 Å². The first-order valence-corrected chi connectivity index (χ1v) is 15.2. The van der Waals surface area contributed by atoms with Crippen molar-refractivity contribution in [3.63, 3.8) is 0 Å². The summed E-state index contributed by atoms with van der Waals surface area (Å²) in [4.78, 5) is 27.6. The van der Waals surface area contributed by atoms with Crippen molar-refractivity contribution in [1.29, 1.82) is 0 Å². The van der Waals surface area contributed by atoms with Crippen LogP contribution in [0.1, 0.15) is 62.5 Å². The Balaban J connectivity index is 1.74. The normalized spacial score (nSPS) is 23.1. The van der Waals surface area contributed by atoms with Gasteiger partial charge in [0.25, 0.3) is 0 Å². The van der Waals surface area contributed by atoms with Crippen molar-refractivity contribution in [2.24, 2.45) is 5.73 Å². The number of ether oxygens (including phenoxy) is 3. The molecule has 0 radical (unpaired) electrons. The number of hydrogen-bond donors (Lipinski definition) is 3. The second kappa shape index (κ2) is 12.0. The highest BCUT2D eigenvalue weighted by atomic mass is 35.5. The van der Waals surface area contributed by atoms with Crippen LogP contribution in [-0.2, 0) is 16.8 Å². The van der Waals surface area contributed by atoms with Crippen LogP contribution in [0.4, 0.5) is 13.6 Å². The fourth-order valence-electron chi connectivity index (χ4n) is 6.25. The molecule has 2 amide bonds. The fourth-order valence-corrected chi connectivity index (χ4v) is 6.51. The number of primary amides is 1. The van der Waals surface area contributed by atoms with Gasteiger partial charge in [0.15, 0.2) is 17.2 Å². The summed E-state index contributed by atoms with van der Waals surface area (Å²) >= 11 is 6.58. The van der Waals surface area contributed by atoms with E-state index in [-0.39, 0.29) is 54.2 Å². The lowest BCUT2D eigenvalue weighted by molar-refractivity contribution is -0.0216. The lowest BCUT2D eigenvalue weighted by Gasteiger charge is -2.40. The molecule has 0 aromatic heterocycles. The van der Waals surface area contributed by atoms with Crippen LogP contribution >= 0.6 is 11.6 Å². The summed E-state index contributed by atoms with van der Waals surface area (Å²) in [5, 5.41) is 20.5. The van der Waals surface area contributed by atoms with E-state index < -0.39 is 63.2 Å². The Morgan fingerprint density at radius 3 is 2.46 bits per heavy atom. The summed E-state index contributed by atoms with van der Waals surface area (Å²) in [5.41, 5.74) is 2.04. The highest BCUT2D eigenvalue weighted by molar-refractivity contribution is 6.34. The van der Waals surface area contributed by atoms with Gasteiger partial charge in [-0.3, -0.25) is 9.69 Å². The highest BCUT2D eigenvalue weighted by Crippen LogP contribution is 2.54. The van der Waals surface area contributed by atoms with Crippen LogP contribution in [0.15, 0.2) is 48.5 Å². The first-order chi connectivity index (χ1) is 21.4. The molecule has 2 heterocycles. The molecule has 2 aliphatic heterocycles. The zero-order valence-corrected chi connectivity index (χ0v) is 27.0. The molecule has 1 unspecified atom stereocenters. The molecule has 1 fully saturated rings. The van der Waals surface area contributed by atoms with E-state index in [4.69, 9.17) is 31.5 Å². The largest absolute Gasteiger partial charge is 0.488 e. The van der Waals surface area contributed by atoms with Crippen molar-refractivity contribution in [2.45, 2.75) is 76.4 Å². The minimum atomic E-state index is -1.43. The van der Waals surface area contributed by atoms with Crippen LogP contribution < -0.4 is 15.2 Å². The molecule has 12 heteroatoms. The Bertz CT molecular complexity index is 1680. The molecule has 0 spiro atoms. The monoisotopic (exact) mass is 658 g/mol. The number of hydrogen-bond acceptors (Lipinski definition) is 7. The van der Waals surface area contributed by atoms with Gasteiger partial charge in [-0.2, -0.15) is 0 Å². The molecular formula is C34H37ClF2N2O7. The summed E-state index contributed by atoms with van der Waals surface area (Å²) in [6.07, 6.45) is -1.63. The van der Waals surface area contributed by atoms with Crippen molar-refractivity contribution in [3.8, 4) is 22.6 Å². The molecule has 1 saturated heterocycles. The van der Waals surface area contributed by atoms with E-state index in [1.807, 2.05) is 0 Å². The van der Waals surface area contributed by atoms with Crippen molar-refractivity contribution in [1.82, 2.24) is 4.90 Å². The number of likely N-dealkylation sites (tertiary alicyclic amines) is 1. The summed E-state index contributed by atoms with van der Waals surface area (Å²) in [6, 6.07) is 11.6. The van der Waals surface area contributed by atoms with Crippen LogP contribution in [0.5, 0.6) is 11.5 Å². The molecule has 0 aliphatic carbocycles. The maximum Gasteiger partial charge on any atom is 0.410 e. The molecule has 4 N–H and O–H groups in total. The van der Waals surface area contributed by atoms with Gasteiger partial charge in [-0.15, -0.1) is 0 Å². The maximum atomic E-state index is 16.3. The third-order valence-corrected chi connectivity index (χ3v) is 8.44. The second-order valence-electron chi connectivity index (χ2n) is 13.2. The van der Waals surface area contributed by atoms with Gasteiger partial charge in [0, 0.05) is 35.6 Å². The molecule has 5 rings (SSSR count). The molecule has 246 valence electrons. The Morgan fingerprint density at radius 2 is 1.85 bits per heavy atom.